The van der Waals surface area contributed by atoms with E-state index in [0.717, 1.165) is 89.9 Å². The van der Waals surface area contributed by atoms with Gasteiger partial charge >= 0.3 is 5.97 Å². The Balaban J connectivity index is 1.50. The largest absolute Gasteiger partial charge is 0.481 e. The smallest absolute Gasteiger partial charge is 0.303 e. The summed E-state index contributed by atoms with van der Waals surface area (Å²) < 4.78 is 0. The summed E-state index contributed by atoms with van der Waals surface area (Å²) in [5.41, 5.74) is 5.64. The highest BCUT2D eigenvalue weighted by atomic mass is 16.4. The van der Waals surface area contributed by atoms with Gasteiger partial charge in [-0.1, -0.05) is 79.9 Å². The number of hydrogen-bond acceptors (Lipinski definition) is 5. The average Bonchev–Trinajstić information content (AvgIpc) is 3.46. The predicted octanol–water partition coefficient (Wildman–Crippen LogP) is 9.16. The second-order valence-electron chi connectivity index (χ2n) is 20.3. The average molecular weight is 711 g/mol. The summed E-state index contributed by atoms with van der Waals surface area (Å²) in [6, 6.07) is 0. The summed E-state index contributed by atoms with van der Waals surface area (Å²) in [4.78, 5) is 43.2. The van der Waals surface area contributed by atoms with Crippen molar-refractivity contribution in [3.05, 3.63) is 12.2 Å². The van der Waals surface area contributed by atoms with Crippen molar-refractivity contribution in [2.45, 2.75) is 171 Å². The first-order chi connectivity index (χ1) is 23.7. The number of carbonyl (C=O) groups excluding carboxylic acids is 2. The van der Waals surface area contributed by atoms with Crippen LogP contribution in [-0.2, 0) is 14.4 Å². The highest BCUT2D eigenvalue weighted by molar-refractivity contribution is 6.00. The molecule has 0 aromatic rings. The van der Waals surface area contributed by atoms with Crippen molar-refractivity contribution >= 4 is 17.8 Å². The second-order valence-corrected chi connectivity index (χ2v) is 20.3. The Hall–Kier alpha value is -1.73. The van der Waals surface area contributed by atoms with Crippen LogP contribution < -0.4 is 5.73 Å². The molecule has 5 aliphatic carbocycles. The number of nitrogens with two attached hydrogens (primary N) is 1. The summed E-state index contributed by atoms with van der Waals surface area (Å²) in [6.45, 7) is 23.8. The van der Waals surface area contributed by atoms with Crippen molar-refractivity contribution in [2.24, 2.45) is 67.8 Å². The quantitative estimate of drug-likeness (QED) is 0.130. The van der Waals surface area contributed by atoms with Crippen LogP contribution in [0.15, 0.2) is 12.2 Å². The second kappa shape index (κ2) is 14.5. The molecule has 1 unspecified atom stereocenters. The number of rotatable bonds is 13. The lowest BCUT2D eigenvalue weighted by atomic mass is 9.32. The first-order valence-corrected chi connectivity index (χ1v) is 20.9. The van der Waals surface area contributed by atoms with E-state index in [-0.39, 0.29) is 64.3 Å². The van der Waals surface area contributed by atoms with Crippen LogP contribution in [0.1, 0.15) is 165 Å². The Morgan fingerprint density at radius 1 is 0.824 bits per heavy atom. The zero-order valence-electron chi connectivity index (χ0n) is 33.7. The van der Waals surface area contributed by atoms with Gasteiger partial charge in [-0.05, 0) is 148 Å². The van der Waals surface area contributed by atoms with Crippen LogP contribution in [0.4, 0.5) is 0 Å². The number of amides is 2. The van der Waals surface area contributed by atoms with Gasteiger partial charge < -0.3 is 15.9 Å². The maximum atomic E-state index is 15.5. The molecular formula is C44H74N2O5. The molecule has 0 spiro atoms. The van der Waals surface area contributed by atoms with Crippen LogP contribution >= 0.6 is 0 Å². The van der Waals surface area contributed by atoms with E-state index in [0.29, 0.717) is 30.8 Å². The molecule has 0 bridgehead atoms. The minimum atomic E-state index is -0.948. The zero-order valence-corrected chi connectivity index (χ0v) is 33.7. The number of hydrogen-bond donors (Lipinski definition) is 3. The lowest BCUT2D eigenvalue weighted by Crippen LogP contribution is -2.67. The third-order valence-corrected chi connectivity index (χ3v) is 17.1. The van der Waals surface area contributed by atoms with Gasteiger partial charge in [0.15, 0.2) is 0 Å². The van der Waals surface area contributed by atoms with Gasteiger partial charge in [0.05, 0.1) is 11.5 Å². The maximum absolute atomic E-state index is 15.5. The van der Waals surface area contributed by atoms with E-state index >= 15 is 4.79 Å². The summed E-state index contributed by atoms with van der Waals surface area (Å²) in [7, 11) is 0. The molecule has 5 fully saturated rings. The number of aliphatic hydroxyl groups is 1. The zero-order chi connectivity index (χ0) is 37.8. The number of allylic oxidation sites excluding steroid dienone is 1. The molecule has 0 aromatic carbocycles. The number of carboxylic acid groups (broad SMARTS) is 1. The molecule has 51 heavy (non-hydrogen) atoms. The number of aliphatic carboxylic acids is 1. The van der Waals surface area contributed by atoms with E-state index in [9.17, 15) is 19.8 Å². The fourth-order valence-electron chi connectivity index (χ4n) is 13.9. The van der Waals surface area contributed by atoms with Crippen LogP contribution in [-0.4, -0.2) is 52.1 Å². The van der Waals surface area contributed by atoms with Crippen molar-refractivity contribution in [3.8, 4) is 0 Å². The van der Waals surface area contributed by atoms with Gasteiger partial charge in [-0.2, -0.15) is 0 Å². The Morgan fingerprint density at radius 2 is 1.49 bits per heavy atom. The fraction of sp³-hybridized carbons (Fsp3) is 0.886. The fourth-order valence-corrected chi connectivity index (χ4v) is 13.9. The molecule has 7 nitrogen and oxygen atoms in total. The predicted molar refractivity (Wildman–Crippen MR) is 204 cm³/mol. The molecule has 0 radical (unpaired) electrons. The minimum Gasteiger partial charge on any atom is -0.481 e. The van der Waals surface area contributed by atoms with Crippen LogP contribution in [0.5, 0.6) is 0 Å². The highest BCUT2D eigenvalue weighted by Crippen LogP contribution is 2.77. The Morgan fingerprint density at radius 3 is 2.14 bits per heavy atom. The number of imide groups is 1. The number of nitrogens with zero attached hydrogens (tertiary/aromatic N) is 1. The lowest BCUT2D eigenvalue weighted by molar-refractivity contribution is -0.247. The van der Waals surface area contributed by atoms with Crippen molar-refractivity contribution < 1.29 is 24.6 Å². The first kappa shape index (κ1) is 40.5. The molecule has 0 saturated heterocycles. The number of fused-ring (bicyclic) bond motifs is 7. The molecular weight excluding hydrogens is 636 g/mol. The molecule has 7 heteroatoms. The van der Waals surface area contributed by atoms with Gasteiger partial charge in [0.1, 0.15) is 0 Å². The van der Waals surface area contributed by atoms with Crippen LogP contribution in [0.25, 0.3) is 0 Å². The summed E-state index contributed by atoms with van der Waals surface area (Å²) in [5.74, 6) is 0.746. The molecule has 10 atom stereocenters. The highest BCUT2D eigenvalue weighted by Gasteiger charge is 2.72. The van der Waals surface area contributed by atoms with Gasteiger partial charge in [-0.15, -0.1) is 0 Å². The molecule has 5 aliphatic rings. The van der Waals surface area contributed by atoms with Crippen molar-refractivity contribution in [1.29, 1.82) is 0 Å². The van der Waals surface area contributed by atoms with E-state index in [1.165, 1.54) is 12.0 Å². The Labute approximate surface area is 310 Å². The molecule has 0 aliphatic heterocycles. The standard InChI is InChI=1S/C44H74N2O5/c1-29(2)30-17-24-44(38(51)46(28-14-12-10-11-13-27-45)37(50)39(3,4)21-20-35(48)49)26-25-42(8)31(36(30)44)15-16-33-41(7)22-19-34(47)40(5,6)32(41)18-23-43(33,42)9/h30-34,36,47H,1,10-28,45H2,2-9H3,(H,48,49)/t30-,31+,32-,33?,34-,36+,41-,42+,43+,44-/m0/s1. The molecule has 5 rings (SSSR count). The van der Waals surface area contributed by atoms with Crippen molar-refractivity contribution in [2.75, 3.05) is 13.1 Å². The van der Waals surface area contributed by atoms with E-state index in [1.54, 1.807) is 4.90 Å². The van der Waals surface area contributed by atoms with Gasteiger partial charge in [0, 0.05) is 18.4 Å². The van der Waals surface area contributed by atoms with Crippen LogP contribution in [0, 0.1) is 62.1 Å². The number of carboxylic acids is 1. The molecule has 2 amide bonds. The van der Waals surface area contributed by atoms with E-state index < -0.39 is 16.8 Å². The summed E-state index contributed by atoms with van der Waals surface area (Å²) >= 11 is 0. The number of aliphatic hydroxyl groups excluding tert-OH is 1. The van der Waals surface area contributed by atoms with Crippen LogP contribution in [0.3, 0.4) is 0 Å². The molecule has 0 aromatic heterocycles. The molecule has 5 saturated carbocycles. The summed E-state index contributed by atoms with van der Waals surface area (Å²) in [6.07, 6.45) is 14.7. The molecule has 4 N–H and O–H groups in total. The minimum absolute atomic E-state index is 0.0135. The molecule has 0 heterocycles. The third-order valence-electron chi connectivity index (χ3n) is 17.1. The van der Waals surface area contributed by atoms with E-state index in [4.69, 9.17) is 5.73 Å². The van der Waals surface area contributed by atoms with Crippen molar-refractivity contribution in [1.82, 2.24) is 4.90 Å². The van der Waals surface area contributed by atoms with Crippen molar-refractivity contribution in [3.63, 3.8) is 0 Å². The van der Waals surface area contributed by atoms with E-state index in [1.807, 2.05) is 13.8 Å². The van der Waals surface area contributed by atoms with Gasteiger partial charge in [-0.3, -0.25) is 19.3 Å². The van der Waals surface area contributed by atoms with E-state index in [2.05, 4.69) is 48.1 Å². The third kappa shape index (κ3) is 6.59. The van der Waals surface area contributed by atoms with Gasteiger partial charge in [0.25, 0.3) is 0 Å². The SMILES string of the molecule is C=C(C)[C@@H]1CC[C@]2(C(=O)N(CCCCCCCN)C(=O)C(C)(C)CCC(=O)O)CC[C@]3(C)[C@H](CCC4[C@@]5(C)CC[C@H](O)C(C)(C)[C@@H]5CC[C@]43C)[C@@H]12. The Kier molecular flexibility index (Phi) is 11.5. The summed E-state index contributed by atoms with van der Waals surface area (Å²) in [5, 5.41) is 20.6. The number of unbranched alkanes of at least 4 members (excludes halogenated alkanes) is 4. The lowest BCUT2D eigenvalue weighted by Gasteiger charge is -2.73. The van der Waals surface area contributed by atoms with Gasteiger partial charge in [0.2, 0.25) is 11.8 Å². The van der Waals surface area contributed by atoms with Crippen LogP contribution in [0.2, 0.25) is 0 Å². The van der Waals surface area contributed by atoms with Gasteiger partial charge in [-0.25, -0.2) is 0 Å². The normalized spacial score (nSPS) is 40.0. The number of carbonyl (C=O) groups is 3. The molecule has 290 valence electrons. The topological polar surface area (TPSA) is 121 Å². The monoisotopic (exact) mass is 711 g/mol. The first-order valence-electron chi connectivity index (χ1n) is 20.9. The Bertz CT molecular complexity index is 1340. The maximum Gasteiger partial charge on any atom is 0.303 e.